The lowest BCUT2D eigenvalue weighted by molar-refractivity contribution is -0.127. The summed E-state index contributed by atoms with van der Waals surface area (Å²) < 4.78 is 0. The number of nitrogens with zero attached hydrogens (tertiary/aromatic N) is 3. The average molecular weight is 338 g/mol. The molecule has 1 N–H and O–H groups in total. The van der Waals surface area contributed by atoms with Crippen molar-refractivity contribution in [1.29, 1.82) is 0 Å². The maximum absolute atomic E-state index is 12.9. The molecule has 0 saturated carbocycles. The predicted octanol–water partition coefficient (Wildman–Crippen LogP) is 1.33. The predicted molar refractivity (Wildman–Crippen MR) is 96.5 cm³/mol. The van der Waals surface area contributed by atoms with Crippen molar-refractivity contribution in [1.82, 2.24) is 15.2 Å². The van der Waals surface area contributed by atoms with Gasteiger partial charge in [-0.25, -0.2) is 4.98 Å². The fraction of sp³-hybridized carbons (Fsp3) is 0.316. The first kappa shape index (κ1) is 17.0. The van der Waals surface area contributed by atoms with Crippen LogP contribution in [0.15, 0.2) is 48.7 Å². The molecule has 1 atom stereocenters. The summed E-state index contributed by atoms with van der Waals surface area (Å²) in [5.41, 5.74) is 1.53. The molecule has 130 valence electrons. The van der Waals surface area contributed by atoms with Gasteiger partial charge in [0.25, 0.3) is 5.91 Å². The molecule has 3 rings (SSSR count). The maximum atomic E-state index is 12.9. The molecule has 2 aromatic rings. The van der Waals surface area contributed by atoms with E-state index in [0.29, 0.717) is 25.1 Å². The van der Waals surface area contributed by atoms with Crippen molar-refractivity contribution in [2.75, 3.05) is 32.1 Å². The molecule has 0 bridgehead atoms. The lowest BCUT2D eigenvalue weighted by Crippen LogP contribution is -2.58. The van der Waals surface area contributed by atoms with E-state index in [1.165, 1.54) is 0 Å². The van der Waals surface area contributed by atoms with Crippen LogP contribution in [0.4, 0.5) is 5.82 Å². The van der Waals surface area contributed by atoms with Crippen molar-refractivity contribution in [2.24, 2.45) is 0 Å². The van der Waals surface area contributed by atoms with Gasteiger partial charge in [0.05, 0.1) is 5.56 Å². The SMILES string of the molecule is CN(C)c1ccc(C(=O)N2CCNC(=O)[C@@H]2Cc2ccccc2)cn1. The van der Waals surface area contributed by atoms with E-state index in [9.17, 15) is 9.59 Å². The van der Waals surface area contributed by atoms with Crippen LogP contribution in [0.3, 0.4) is 0 Å². The van der Waals surface area contributed by atoms with Gasteiger partial charge in [-0.2, -0.15) is 0 Å². The van der Waals surface area contributed by atoms with Crippen LogP contribution in [0, 0.1) is 0 Å². The van der Waals surface area contributed by atoms with Gasteiger partial charge in [-0.05, 0) is 17.7 Å². The van der Waals surface area contributed by atoms with Crippen LogP contribution in [0.5, 0.6) is 0 Å². The Balaban J connectivity index is 1.81. The third kappa shape index (κ3) is 3.79. The van der Waals surface area contributed by atoms with E-state index in [0.717, 1.165) is 11.4 Å². The minimum Gasteiger partial charge on any atom is -0.363 e. The molecular weight excluding hydrogens is 316 g/mol. The summed E-state index contributed by atoms with van der Waals surface area (Å²) in [7, 11) is 3.80. The summed E-state index contributed by atoms with van der Waals surface area (Å²) in [5, 5.41) is 2.86. The first-order chi connectivity index (χ1) is 12.1. The van der Waals surface area contributed by atoms with Crippen molar-refractivity contribution < 1.29 is 9.59 Å². The van der Waals surface area contributed by atoms with Crippen molar-refractivity contribution in [3.63, 3.8) is 0 Å². The smallest absolute Gasteiger partial charge is 0.256 e. The lowest BCUT2D eigenvalue weighted by Gasteiger charge is -2.35. The third-order valence-electron chi connectivity index (χ3n) is 4.32. The Hall–Kier alpha value is -2.89. The molecule has 0 aliphatic carbocycles. The molecule has 0 spiro atoms. The van der Waals surface area contributed by atoms with Gasteiger partial charge in [0, 0.05) is 39.8 Å². The van der Waals surface area contributed by atoms with Crippen molar-refractivity contribution >= 4 is 17.6 Å². The second kappa shape index (κ2) is 7.34. The summed E-state index contributed by atoms with van der Waals surface area (Å²) in [6.07, 6.45) is 2.07. The Kier molecular flexibility index (Phi) is 4.97. The Morgan fingerprint density at radius 3 is 2.64 bits per heavy atom. The van der Waals surface area contributed by atoms with Gasteiger partial charge in [-0.15, -0.1) is 0 Å². The monoisotopic (exact) mass is 338 g/mol. The minimum atomic E-state index is -0.503. The summed E-state index contributed by atoms with van der Waals surface area (Å²) in [4.78, 5) is 33.1. The maximum Gasteiger partial charge on any atom is 0.256 e. The molecule has 1 aliphatic rings. The van der Waals surface area contributed by atoms with Crippen LogP contribution >= 0.6 is 0 Å². The number of amides is 2. The zero-order valence-electron chi connectivity index (χ0n) is 14.5. The average Bonchev–Trinajstić information content (AvgIpc) is 2.64. The number of pyridine rings is 1. The van der Waals surface area contributed by atoms with Crippen LogP contribution in [-0.4, -0.2) is 54.9 Å². The fourth-order valence-corrected chi connectivity index (χ4v) is 2.94. The molecule has 2 amide bonds. The summed E-state index contributed by atoms with van der Waals surface area (Å²) in [5.74, 6) is 0.517. The molecule has 0 radical (unpaired) electrons. The quantitative estimate of drug-likeness (QED) is 0.913. The highest BCUT2D eigenvalue weighted by molar-refractivity contribution is 5.98. The van der Waals surface area contributed by atoms with Crippen molar-refractivity contribution in [3.05, 3.63) is 59.8 Å². The number of carbonyl (C=O) groups excluding carboxylic acids is 2. The van der Waals surface area contributed by atoms with E-state index in [-0.39, 0.29) is 11.8 Å². The number of benzene rings is 1. The number of carbonyl (C=O) groups is 2. The van der Waals surface area contributed by atoms with E-state index < -0.39 is 6.04 Å². The van der Waals surface area contributed by atoms with Crippen LogP contribution in [0.2, 0.25) is 0 Å². The minimum absolute atomic E-state index is 0.110. The van der Waals surface area contributed by atoms with E-state index in [1.54, 1.807) is 17.2 Å². The van der Waals surface area contributed by atoms with E-state index >= 15 is 0 Å². The molecule has 0 unspecified atom stereocenters. The molecule has 6 heteroatoms. The van der Waals surface area contributed by atoms with Gasteiger partial charge in [0.15, 0.2) is 0 Å². The topological polar surface area (TPSA) is 65.5 Å². The molecule has 1 aromatic carbocycles. The van der Waals surface area contributed by atoms with Gasteiger partial charge in [0.1, 0.15) is 11.9 Å². The number of hydrogen-bond donors (Lipinski definition) is 1. The molecule has 25 heavy (non-hydrogen) atoms. The number of aromatic nitrogens is 1. The molecule has 1 aromatic heterocycles. The number of rotatable bonds is 4. The van der Waals surface area contributed by atoms with Crippen LogP contribution in [0.1, 0.15) is 15.9 Å². The Bertz CT molecular complexity index is 744. The van der Waals surface area contributed by atoms with Crippen LogP contribution in [-0.2, 0) is 11.2 Å². The summed E-state index contributed by atoms with van der Waals surface area (Å²) in [6, 6.07) is 12.8. The molecule has 6 nitrogen and oxygen atoms in total. The first-order valence-electron chi connectivity index (χ1n) is 8.32. The second-order valence-corrected chi connectivity index (χ2v) is 6.29. The van der Waals surface area contributed by atoms with Gasteiger partial charge in [-0.1, -0.05) is 30.3 Å². The van der Waals surface area contributed by atoms with Gasteiger partial charge >= 0.3 is 0 Å². The van der Waals surface area contributed by atoms with Gasteiger partial charge < -0.3 is 15.1 Å². The first-order valence-corrected chi connectivity index (χ1v) is 8.32. The van der Waals surface area contributed by atoms with Crippen LogP contribution in [0.25, 0.3) is 0 Å². The molecular formula is C19H22N4O2. The van der Waals surface area contributed by atoms with Crippen LogP contribution < -0.4 is 10.2 Å². The number of hydrogen-bond acceptors (Lipinski definition) is 4. The number of nitrogens with one attached hydrogen (secondary N) is 1. The van der Waals surface area contributed by atoms with E-state index in [4.69, 9.17) is 0 Å². The highest BCUT2D eigenvalue weighted by Crippen LogP contribution is 2.17. The van der Waals surface area contributed by atoms with E-state index in [1.807, 2.05) is 55.4 Å². The van der Waals surface area contributed by atoms with Gasteiger partial charge in [0.2, 0.25) is 5.91 Å². The molecule has 1 fully saturated rings. The highest BCUT2D eigenvalue weighted by Gasteiger charge is 2.33. The van der Waals surface area contributed by atoms with Crippen molar-refractivity contribution in [2.45, 2.75) is 12.5 Å². The standard InChI is InChI=1S/C19H22N4O2/c1-22(2)17-9-8-15(13-21-17)19(25)23-11-10-20-18(24)16(23)12-14-6-4-3-5-7-14/h3-9,13,16H,10-12H2,1-2H3,(H,20,24)/t16-/m0/s1. The molecule has 2 heterocycles. The molecule has 1 saturated heterocycles. The lowest BCUT2D eigenvalue weighted by atomic mass is 10.0. The highest BCUT2D eigenvalue weighted by atomic mass is 16.2. The Labute approximate surface area is 147 Å². The van der Waals surface area contributed by atoms with Crippen molar-refractivity contribution in [3.8, 4) is 0 Å². The zero-order chi connectivity index (χ0) is 17.8. The Morgan fingerprint density at radius 1 is 1.24 bits per heavy atom. The fourth-order valence-electron chi connectivity index (χ4n) is 2.94. The number of anilines is 1. The van der Waals surface area contributed by atoms with E-state index in [2.05, 4.69) is 10.3 Å². The summed E-state index contributed by atoms with van der Waals surface area (Å²) in [6.45, 7) is 0.969. The number of piperazine rings is 1. The largest absolute Gasteiger partial charge is 0.363 e. The normalized spacial score (nSPS) is 17.1. The zero-order valence-corrected chi connectivity index (χ0v) is 14.5. The summed E-state index contributed by atoms with van der Waals surface area (Å²) >= 11 is 0. The molecule has 1 aliphatic heterocycles. The Morgan fingerprint density at radius 2 is 2.00 bits per heavy atom. The second-order valence-electron chi connectivity index (χ2n) is 6.29. The van der Waals surface area contributed by atoms with Gasteiger partial charge in [-0.3, -0.25) is 9.59 Å². The third-order valence-corrected chi connectivity index (χ3v) is 4.32.